The first-order valence-corrected chi connectivity index (χ1v) is 8.92. The van der Waals surface area contributed by atoms with Crippen LogP contribution in [0.2, 0.25) is 0 Å². The molecule has 1 heterocycles. The van der Waals surface area contributed by atoms with E-state index in [0.717, 1.165) is 11.1 Å². The van der Waals surface area contributed by atoms with Gasteiger partial charge in [-0.3, -0.25) is 9.78 Å². The predicted molar refractivity (Wildman–Crippen MR) is 109 cm³/mol. The molecular weight excluding hydrogens is 356 g/mol. The molecule has 0 bridgehead atoms. The lowest BCUT2D eigenvalue weighted by atomic mass is 10.2. The molecular formula is C21H22N4O3. The Labute approximate surface area is 163 Å². The van der Waals surface area contributed by atoms with Gasteiger partial charge in [-0.15, -0.1) is 0 Å². The normalized spacial score (nSPS) is 10.8. The van der Waals surface area contributed by atoms with Crippen molar-refractivity contribution in [3.8, 4) is 11.5 Å². The van der Waals surface area contributed by atoms with Crippen LogP contribution in [0.3, 0.4) is 0 Å². The van der Waals surface area contributed by atoms with Gasteiger partial charge in [0.25, 0.3) is 5.56 Å². The molecule has 3 aromatic rings. The highest BCUT2D eigenvalue weighted by atomic mass is 16.5. The predicted octanol–water partition coefficient (Wildman–Crippen LogP) is 3.37. The summed E-state index contributed by atoms with van der Waals surface area (Å²) in [5.74, 6) is 1.56. The number of aromatic amines is 1. The van der Waals surface area contributed by atoms with Crippen LogP contribution in [0.1, 0.15) is 23.7 Å². The number of rotatable bonds is 8. The average Bonchev–Trinajstić information content (AvgIpc) is 2.73. The zero-order valence-corrected chi connectivity index (χ0v) is 15.8. The smallest absolute Gasteiger partial charge is 0.252 e. The van der Waals surface area contributed by atoms with Gasteiger partial charge in [-0.25, -0.2) is 10.4 Å². The average molecular weight is 378 g/mol. The number of H-pyrrole nitrogens is 1. The summed E-state index contributed by atoms with van der Waals surface area (Å²) >= 11 is 0. The number of nitrogens with one attached hydrogen (secondary N) is 2. The third-order valence-corrected chi connectivity index (χ3v) is 3.97. The van der Waals surface area contributed by atoms with Crippen molar-refractivity contribution in [3.05, 3.63) is 81.8 Å². The molecule has 0 unspecified atom stereocenters. The second-order valence-electron chi connectivity index (χ2n) is 5.99. The van der Waals surface area contributed by atoms with Crippen molar-refractivity contribution >= 4 is 12.2 Å². The van der Waals surface area contributed by atoms with Crippen molar-refractivity contribution in [1.82, 2.24) is 9.97 Å². The van der Waals surface area contributed by atoms with Crippen molar-refractivity contribution in [1.29, 1.82) is 0 Å². The van der Waals surface area contributed by atoms with E-state index in [1.165, 1.54) is 6.07 Å². The van der Waals surface area contributed by atoms with E-state index in [2.05, 4.69) is 20.5 Å². The van der Waals surface area contributed by atoms with Crippen molar-refractivity contribution in [2.45, 2.75) is 20.0 Å². The number of hydrogen-bond donors (Lipinski definition) is 2. The maximum Gasteiger partial charge on any atom is 0.252 e. The fourth-order valence-electron chi connectivity index (χ4n) is 2.53. The summed E-state index contributed by atoms with van der Waals surface area (Å²) < 4.78 is 11.3. The lowest BCUT2D eigenvalue weighted by molar-refractivity contribution is 0.284. The van der Waals surface area contributed by atoms with E-state index in [1.807, 2.05) is 55.5 Å². The number of hydrazone groups is 1. The SMILES string of the molecule is CCc1cc(=O)[nH]c(N/N=C\c2ccc(OCc3ccccc3)c(OC)c2)n1. The Hall–Kier alpha value is -3.61. The van der Waals surface area contributed by atoms with Gasteiger partial charge in [-0.1, -0.05) is 37.3 Å². The van der Waals surface area contributed by atoms with Crippen molar-refractivity contribution in [2.24, 2.45) is 5.10 Å². The van der Waals surface area contributed by atoms with Gasteiger partial charge in [0.1, 0.15) is 6.61 Å². The number of aromatic nitrogens is 2. The molecule has 7 nitrogen and oxygen atoms in total. The van der Waals surface area contributed by atoms with Crippen LogP contribution >= 0.6 is 0 Å². The second kappa shape index (κ2) is 9.36. The van der Waals surface area contributed by atoms with Gasteiger partial charge in [0, 0.05) is 11.8 Å². The van der Waals surface area contributed by atoms with E-state index >= 15 is 0 Å². The van der Waals surface area contributed by atoms with Crippen molar-refractivity contribution in [2.75, 3.05) is 12.5 Å². The number of methoxy groups -OCH3 is 1. The third kappa shape index (κ3) is 5.20. The lowest BCUT2D eigenvalue weighted by Gasteiger charge is -2.11. The van der Waals surface area contributed by atoms with E-state index in [4.69, 9.17) is 9.47 Å². The molecule has 2 N–H and O–H groups in total. The van der Waals surface area contributed by atoms with E-state index in [-0.39, 0.29) is 5.56 Å². The van der Waals surface area contributed by atoms with Crippen LogP contribution in [0.5, 0.6) is 11.5 Å². The third-order valence-electron chi connectivity index (χ3n) is 3.97. The Kier molecular flexibility index (Phi) is 6.41. The van der Waals surface area contributed by atoms with Crippen LogP contribution < -0.4 is 20.5 Å². The molecule has 0 spiro atoms. The van der Waals surface area contributed by atoms with Crippen LogP contribution in [0.15, 0.2) is 64.5 Å². The van der Waals surface area contributed by atoms with Crippen molar-refractivity contribution in [3.63, 3.8) is 0 Å². The molecule has 28 heavy (non-hydrogen) atoms. The second-order valence-corrected chi connectivity index (χ2v) is 5.99. The molecule has 144 valence electrons. The quantitative estimate of drug-likeness (QED) is 0.463. The summed E-state index contributed by atoms with van der Waals surface area (Å²) in [6.07, 6.45) is 2.28. The molecule has 3 rings (SSSR count). The van der Waals surface area contributed by atoms with Gasteiger partial charge in [0.05, 0.1) is 13.3 Å². The monoisotopic (exact) mass is 378 g/mol. The molecule has 0 fully saturated rings. The largest absolute Gasteiger partial charge is 0.493 e. The topological polar surface area (TPSA) is 88.6 Å². The molecule has 2 aromatic carbocycles. The van der Waals surface area contributed by atoms with Crippen LogP contribution in [0, 0.1) is 0 Å². The number of benzene rings is 2. The van der Waals surface area contributed by atoms with E-state index < -0.39 is 0 Å². The van der Waals surface area contributed by atoms with Crippen LogP contribution in [0.25, 0.3) is 0 Å². The maximum atomic E-state index is 11.6. The fraction of sp³-hybridized carbons (Fsp3) is 0.190. The number of hydrogen-bond acceptors (Lipinski definition) is 6. The molecule has 0 saturated carbocycles. The Bertz CT molecular complexity index is 1000. The van der Waals surface area contributed by atoms with E-state index in [1.54, 1.807) is 13.3 Å². The fourth-order valence-corrected chi connectivity index (χ4v) is 2.53. The first kappa shape index (κ1) is 19.2. The zero-order valence-electron chi connectivity index (χ0n) is 15.8. The van der Waals surface area contributed by atoms with Gasteiger partial charge in [-0.2, -0.15) is 5.10 Å². The van der Waals surface area contributed by atoms with Gasteiger partial charge in [0.15, 0.2) is 11.5 Å². The highest BCUT2D eigenvalue weighted by molar-refractivity contribution is 5.81. The Morgan fingerprint density at radius 1 is 1.14 bits per heavy atom. The maximum absolute atomic E-state index is 11.6. The summed E-state index contributed by atoms with van der Waals surface area (Å²) in [5.41, 5.74) is 5.11. The summed E-state index contributed by atoms with van der Waals surface area (Å²) in [6, 6.07) is 16.9. The van der Waals surface area contributed by atoms with Crippen LogP contribution in [-0.4, -0.2) is 23.3 Å². The first-order chi connectivity index (χ1) is 13.7. The standard InChI is InChI=1S/C21H22N4O3/c1-3-17-12-20(26)24-21(23-17)25-22-13-16-9-10-18(19(11-16)27-2)28-14-15-7-5-4-6-8-15/h4-13H,3,14H2,1-2H3,(H2,23,24,25,26)/b22-13-. The summed E-state index contributed by atoms with van der Waals surface area (Å²) in [6.45, 7) is 2.39. The minimum atomic E-state index is -0.217. The summed E-state index contributed by atoms with van der Waals surface area (Å²) in [7, 11) is 1.59. The molecule has 0 amide bonds. The molecule has 1 aromatic heterocycles. The molecule has 0 saturated heterocycles. The summed E-state index contributed by atoms with van der Waals surface area (Å²) in [5, 5.41) is 4.12. The van der Waals surface area contributed by atoms with Crippen LogP contribution in [-0.2, 0) is 13.0 Å². The van der Waals surface area contributed by atoms with E-state index in [9.17, 15) is 4.79 Å². The molecule has 0 aliphatic heterocycles. The Morgan fingerprint density at radius 3 is 2.71 bits per heavy atom. The number of aryl methyl sites for hydroxylation is 1. The van der Waals surface area contributed by atoms with Gasteiger partial charge < -0.3 is 9.47 Å². The van der Waals surface area contributed by atoms with Gasteiger partial charge >= 0.3 is 0 Å². The zero-order chi connectivity index (χ0) is 19.8. The molecule has 0 aliphatic carbocycles. The number of ether oxygens (including phenoxy) is 2. The van der Waals surface area contributed by atoms with Gasteiger partial charge in [0.2, 0.25) is 5.95 Å². The van der Waals surface area contributed by atoms with Crippen LogP contribution in [0.4, 0.5) is 5.95 Å². The highest BCUT2D eigenvalue weighted by Gasteiger charge is 2.06. The van der Waals surface area contributed by atoms with Crippen molar-refractivity contribution < 1.29 is 9.47 Å². The number of anilines is 1. The Balaban J connectivity index is 1.67. The summed E-state index contributed by atoms with van der Waals surface area (Å²) in [4.78, 5) is 18.4. The minimum Gasteiger partial charge on any atom is -0.493 e. The highest BCUT2D eigenvalue weighted by Crippen LogP contribution is 2.28. The molecule has 0 aliphatic rings. The lowest BCUT2D eigenvalue weighted by Crippen LogP contribution is -2.11. The minimum absolute atomic E-state index is 0.217. The van der Waals surface area contributed by atoms with Gasteiger partial charge in [-0.05, 0) is 35.7 Å². The molecule has 0 atom stereocenters. The first-order valence-electron chi connectivity index (χ1n) is 8.92. The Morgan fingerprint density at radius 2 is 1.96 bits per heavy atom. The number of nitrogens with zero attached hydrogens (tertiary/aromatic N) is 2. The molecule has 7 heteroatoms. The van der Waals surface area contributed by atoms with E-state index in [0.29, 0.717) is 36.2 Å². The molecule has 0 radical (unpaired) electrons.